The van der Waals surface area contributed by atoms with Crippen LogP contribution in [-0.2, 0) is 0 Å². The van der Waals surface area contributed by atoms with E-state index < -0.39 is 6.10 Å². The summed E-state index contributed by atoms with van der Waals surface area (Å²) in [5.41, 5.74) is 1.29. The van der Waals surface area contributed by atoms with Gasteiger partial charge in [-0.1, -0.05) is 23.2 Å². The molecule has 0 bridgehead atoms. The monoisotopic (exact) mass is 369 g/mol. The predicted molar refractivity (Wildman–Crippen MR) is 96.7 cm³/mol. The molecule has 5 nitrogen and oxygen atoms in total. The molecule has 0 saturated carbocycles. The number of aliphatic hydroxyl groups is 1. The van der Waals surface area contributed by atoms with Crippen LogP contribution in [0.2, 0.25) is 10.2 Å². The molecular formula is C17H21Cl2N3O2. The number of hydrogen-bond donors (Lipinski definition) is 2. The predicted octanol–water partition coefficient (Wildman–Crippen LogP) is 3.58. The van der Waals surface area contributed by atoms with Gasteiger partial charge in [-0.2, -0.15) is 0 Å². The minimum absolute atomic E-state index is 0.0684. The zero-order valence-corrected chi connectivity index (χ0v) is 15.4. The number of benzene rings is 1. The van der Waals surface area contributed by atoms with Gasteiger partial charge in [0.15, 0.2) is 5.15 Å². The fraction of sp³-hybridized carbons (Fsp3) is 0.412. The molecule has 0 saturated heterocycles. The molecule has 0 amide bonds. The molecule has 1 atom stereocenters. The molecule has 2 N–H and O–H groups in total. The Morgan fingerprint density at radius 3 is 2.54 bits per heavy atom. The molecule has 1 aromatic heterocycles. The van der Waals surface area contributed by atoms with Gasteiger partial charge in [-0.15, -0.1) is 10.2 Å². The summed E-state index contributed by atoms with van der Waals surface area (Å²) < 4.78 is 5.75. The highest BCUT2D eigenvalue weighted by Crippen LogP contribution is 2.31. The molecule has 7 heteroatoms. The summed E-state index contributed by atoms with van der Waals surface area (Å²) >= 11 is 11.8. The molecule has 0 radical (unpaired) electrons. The molecule has 2 aromatic rings. The van der Waals surface area contributed by atoms with Crippen molar-refractivity contribution in [2.75, 3.05) is 13.2 Å². The van der Waals surface area contributed by atoms with Crippen molar-refractivity contribution in [3.8, 4) is 17.0 Å². The van der Waals surface area contributed by atoms with E-state index >= 15 is 0 Å². The van der Waals surface area contributed by atoms with E-state index in [9.17, 15) is 5.11 Å². The molecule has 1 heterocycles. The average Bonchev–Trinajstić information content (AvgIpc) is 2.51. The smallest absolute Gasteiger partial charge is 0.151 e. The van der Waals surface area contributed by atoms with E-state index in [1.165, 1.54) is 0 Å². The summed E-state index contributed by atoms with van der Waals surface area (Å²) in [5, 5.41) is 22.1. The van der Waals surface area contributed by atoms with Crippen LogP contribution < -0.4 is 10.1 Å². The minimum atomic E-state index is -0.646. The highest BCUT2D eigenvalue weighted by Gasteiger charge is 2.15. The van der Waals surface area contributed by atoms with Gasteiger partial charge in [0.25, 0.3) is 0 Å². The van der Waals surface area contributed by atoms with E-state index in [0.717, 1.165) is 5.56 Å². The summed E-state index contributed by atoms with van der Waals surface area (Å²) in [6.45, 7) is 6.68. The largest absolute Gasteiger partial charge is 0.490 e. The zero-order valence-electron chi connectivity index (χ0n) is 13.9. The van der Waals surface area contributed by atoms with Gasteiger partial charge in [-0.3, -0.25) is 0 Å². The van der Waals surface area contributed by atoms with Crippen molar-refractivity contribution < 1.29 is 9.84 Å². The summed E-state index contributed by atoms with van der Waals surface area (Å²) in [6, 6.07) is 8.65. The van der Waals surface area contributed by atoms with Gasteiger partial charge in [-0.05, 0) is 51.1 Å². The Hall–Kier alpha value is -1.40. The van der Waals surface area contributed by atoms with Crippen molar-refractivity contribution in [1.82, 2.24) is 15.5 Å². The zero-order chi connectivity index (χ0) is 17.7. The number of rotatable bonds is 6. The lowest BCUT2D eigenvalue weighted by atomic mass is 10.1. The lowest BCUT2D eigenvalue weighted by Gasteiger charge is -2.23. The summed E-state index contributed by atoms with van der Waals surface area (Å²) in [4.78, 5) is 0. The van der Waals surface area contributed by atoms with E-state index in [0.29, 0.717) is 28.2 Å². The van der Waals surface area contributed by atoms with Gasteiger partial charge < -0.3 is 15.2 Å². The second-order valence-corrected chi connectivity index (χ2v) is 7.30. The number of ether oxygens (including phenoxy) is 1. The van der Waals surface area contributed by atoms with Crippen molar-refractivity contribution in [3.05, 3.63) is 40.5 Å². The lowest BCUT2D eigenvalue weighted by molar-refractivity contribution is 0.100. The number of aromatic nitrogens is 2. The Kier molecular flexibility index (Phi) is 6.40. The second-order valence-electron chi connectivity index (χ2n) is 6.48. The van der Waals surface area contributed by atoms with Crippen LogP contribution >= 0.6 is 23.2 Å². The van der Waals surface area contributed by atoms with Crippen LogP contribution in [-0.4, -0.2) is 40.1 Å². The number of nitrogens with one attached hydrogen (secondary N) is 1. The molecule has 2 rings (SSSR count). The van der Waals surface area contributed by atoms with Crippen molar-refractivity contribution in [2.45, 2.75) is 32.4 Å². The first-order chi connectivity index (χ1) is 11.2. The highest BCUT2D eigenvalue weighted by molar-refractivity contribution is 6.30. The first kappa shape index (κ1) is 18.9. The number of halogens is 2. The fourth-order valence-electron chi connectivity index (χ4n) is 1.96. The van der Waals surface area contributed by atoms with E-state index in [2.05, 4.69) is 15.5 Å². The van der Waals surface area contributed by atoms with Gasteiger partial charge >= 0.3 is 0 Å². The third-order valence-electron chi connectivity index (χ3n) is 3.15. The lowest BCUT2D eigenvalue weighted by Crippen LogP contribution is -2.42. The maximum Gasteiger partial charge on any atom is 0.151 e. The quantitative estimate of drug-likeness (QED) is 0.814. The van der Waals surface area contributed by atoms with Gasteiger partial charge in [0.05, 0.1) is 5.69 Å². The molecule has 0 fully saturated rings. The van der Waals surface area contributed by atoms with Crippen molar-refractivity contribution >= 4 is 23.2 Å². The van der Waals surface area contributed by atoms with Gasteiger partial charge in [0, 0.05) is 22.7 Å². The Balaban J connectivity index is 2.09. The maximum absolute atomic E-state index is 10.1. The number of nitrogens with zero attached hydrogens (tertiary/aromatic N) is 2. The van der Waals surface area contributed by atoms with E-state index in [-0.39, 0.29) is 12.1 Å². The number of β-amino-alcohol motifs (C(OH)–C–C–N with tert-alkyl or cyclic N) is 1. The molecule has 1 unspecified atom stereocenters. The fourth-order valence-corrected chi connectivity index (χ4v) is 2.22. The average molecular weight is 370 g/mol. The summed E-state index contributed by atoms with van der Waals surface area (Å²) in [6.07, 6.45) is -0.646. The molecular weight excluding hydrogens is 349 g/mol. The van der Waals surface area contributed by atoms with E-state index in [1.54, 1.807) is 30.3 Å². The topological polar surface area (TPSA) is 67.3 Å². The minimum Gasteiger partial charge on any atom is -0.490 e. The third kappa shape index (κ3) is 5.91. The van der Waals surface area contributed by atoms with Crippen LogP contribution in [0.5, 0.6) is 5.75 Å². The normalized spacial score (nSPS) is 12.9. The Morgan fingerprint density at radius 2 is 1.92 bits per heavy atom. The number of hydrogen-bond acceptors (Lipinski definition) is 5. The molecule has 24 heavy (non-hydrogen) atoms. The van der Waals surface area contributed by atoms with Crippen LogP contribution in [0.3, 0.4) is 0 Å². The molecule has 1 aromatic carbocycles. The van der Waals surface area contributed by atoms with Crippen molar-refractivity contribution in [3.63, 3.8) is 0 Å². The van der Waals surface area contributed by atoms with Gasteiger partial charge in [0.2, 0.25) is 0 Å². The van der Waals surface area contributed by atoms with Crippen LogP contribution in [0.15, 0.2) is 30.3 Å². The van der Waals surface area contributed by atoms with Crippen LogP contribution in [0.4, 0.5) is 0 Å². The van der Waals surface area contributed by atoms with Gasteiger partial charge in [-0.25, -0.2) is 0 Å². The van der Waals surface area contributed by atoms with Gasteiger partial charge in [0.1, 0.15) is 18.5 Å². The van der Waals surface area contributed by atoms with Crippen LogP contribution in [0.25, 0.3) is 11.3 Å². The maximum atomic E-state index is 10.1. The Labute approximate surface area is 152 Å². The molecule has 0 aliphatic carbocycles. The van der Waals surface area contributed by atoms with Crippen LogP contribution in [0, 0.1) is 0 Å². The molecule has 0 aliphatic rings. The first-order valence-corrected chi connectivity index (χ1v) is 8.35. The SMILES string of the molecule is CC(C)(C)NCC(O)COc1cc(Cl)ccc1-c1ccc(Cl)nn1. The van der Waals surface area contributed by atoms with E-state index in [1.807, 2.05) is 20.8 Å². The van der Waals surface area contributed by atoms with Crippen molar-refractivity contribution in [2.24, 2.45) is 0 Å². The standard InChI is InChI=1S/C17H21Cl2N3O2/c1-17(2,3)20-9-12(23)10-24-15-8-11(18)4-5-13(15)14-6-7-16(19)22-21-14/h4-8,12,20,23H,9-10H2,1-3H3. The highest BCUT2D eigenvalue weighted by atomic mass is 35.5. The summed E-state index contributed by atoms with van der Waals surface area (Å²) in [7, 11) is 0. The molecule has 0 spiro atoms. The first-order valence-electron chi connectivity index (χ1n) is 7.59. The third-order valence-corrected chi connectivity index (χ3v) is 3.59. The Morgan fingerprint density at radius 1 is 1.17 bits per heavy atom. The summed E-state index contributed by atoms with van der Waals surface area (Å²) in [5.74, 6) is 0.536. The molecule has 0 aliphatic heterocycles. The second kappa shape index (κ2) is 8.12. The molecule has 130 valence electrons. The Bertz CT molecular complexity index is 673. The van der Waals surface area contributed by atoms with Crippen LogP contribution in [0.1, 0.15) is 20.8 Å². The van der Waals surface area contributed by atoms with E-state index in [4.69, 9.17) is 27.9 Å². The number of aliphatic hydroxyl groups excluding tert-OH is 1. The van der Waals surface area contributed by atoms with Crippen molar-refractivity contribution in [1.29, 1.82) is 0 Å².